The first kappa shape index (κ1) is 21.1. The Kier molecular flexibility index (Phi) is 6.86. The molecule has 0 aliphatic carbocycles. The normalized spacial score (nSPS) is 14.8. The molecule has 8 heteroatoms. The van der Waals surface area contributed by atoms with Gasteiger partial charge in [-0.25, -0.2) is 0 Å². The van der Waals surface area contributed by atoms with Crippen molar-refractivity contribution in [3.05, 3.63) is 64.5 Å². The Hall–Kier alpha value is -2.16. The van der Waals surface area contributed by atoms with Crippen LogP contribution in [0.1, 0.15) is 11.5 Å². The highest BCUT2D eigenvalue weighted by molar-refractivity contribution is 9.10. The van der Waals surface area contributed by atoms with Crippen molar-refractivity contribution in [3.63, 3.8) is 0 Å². The molecule has 156 valence electrons. The van der Waals surface area contributed by atoms with E-state index in [0.29, 0.717) is 24.0 Å². The molecule has 0 atom stereocenters. The number of halogens is 1. The minimum atomic E-state index is 0.182. The summed E-state index contributed by atoms with van der Waals surface area (Å²) in [5, 5.41) is 4.10. The van der Waals surface area contributed by atoms with Crippen molar-refractivity contribution in [2.24, 2.45) is 0 Å². The van der Waals surface area contributed by atoms with Crippen molar-refractivity contribution in [1.29, 1.82) is 0 Å². The van der Waals surface area contributed by atoms with Crippen molar-refractivity contribution in [1.82, 2.24) is 19.9 Å². The maximum absolute atomic E-state index is 12.5. The molecule has 1 aliphatic rings. The predicted octanol–water partition coefficient (Wildman–Crippen LogP) is 4.24. The molecule has 0 bridgehead atoms. The Morgan fingerprint density at radius 2 is 1.77 bits per heavy atom. The molecule has 1 amide bonds. The Bertz CT molecular complexity index is 983. The van der Waals surface area contributed by atoms with Crippen LogP contribution in [-0.2, 0) is 11.3 Å². The van der Waals surface area contributed by atoms with Gasteiger partial charge in [-0.1, -0.05) is 50.9 Å². The van der Waals surface area contributed by atoms with Gasteiger partial charge in [-0.05, 0) is 31.2 Å². The van der Waals surface area contributed by atoms with E-state index in [4.69, 9.17) is 4.52 Å². The van der Waals surface area contributed by atoms with Crippen molar-refractivity contribution in [3.8, 4) is 11.4 Å². The van der Waals surface area contributed by atoms with Crippen molar-refractivity contribution < 1.29 is 9.32 Å². The van der Waals surface area contributed by atoms with Crippen LogP contribution in [0.15, 0.2) is 62.4 Å². The molecule has 3 aromatic rings. The molecular weight excluding hydrogens is 464 g/mol. The van der Waals surface area contributed by atoms with Gasteiger partial charge >= 0.3 is 0 Å². The minimum absolute atomic E-state index is 0.182. The maximum Gasteiger partial charge on any atom is 0.241 e. The van der Waals surface area contributed by atoms with E-state index < -0.39 is 0 Å². The van der Waals surface area contributed by atoms with Crippen molar-refractivity contribution in [2.75, 3.05) is 31.9 Å². The lowest BCUT2D eigenvalue weighted by atomic mass is 10.1. The summed E-state index contributed by atoms with van der Waals surface area (Å²) < 4.78 is 6.48. The number of rotatable bonds is 6. The molecule has 2 aromatic carbocycles. The first-order chi connectivity index (χ1) is 14.6. The Morgan fingerprint density at radius 3 is 2.47 bits per heavy atom. The van der Waals surface area contributed by atoms with Crippen LogP contribution in [0.4, 0.5) is 0 Å². The molecule has 6 nitrogen and oxygen atoms in total. The largest absolute Gasteiger partial charge is 0.339 e. The average molecular weight is 487 g/mol. The number of aromatic nitrogens is 2. The summed E-state index contributed by atoms with van der Waals surface area (Å²) in [5.41, 5.74) is 2.15. The Labute approximate surface area is 188 Å². The fourth-order valence-corrected chi connectivity index (χ4v) is 4.32. The number of amides is 1. The van der Waals surface area contributed by atoms with Gasteiger partial charge in [0, 0.05) is 41.1 Å². The molecule has 0 N–H and O–H groups in total. The highest BCUT2D eigenvalue weighted by Crippen LogP contribution is 2.21. The summed E-state index contributed by atoms with van der Waals surface area (Å²) in [6.07, 6.45) is 0. The van der Waals surface area contributed by atoms with E-state index in [0.717, 1.165) is 41.1 Å². The highest BCUT2D eigenvalue weighted by Gasteiger charge is 2.22. The van der Waals surface area contributed by atoms with Gasteiger partial charge in [-0.3, -0.25) is 9.69 Å². The molecule has 1 aliphatic heterocycles. The summed E-state index contributed by atoms with van der Waals surface area (Å²) in [6.45, 7) is 5.70. The fraction of sp³-hybridized carbons (Fsp3) is 0.318. The number of aryl methyl sites for hydroxylation is 1. The van der Waals surface area contributed by atoms with E-state index in [2.05, 4.69) is 37.9 Å². The van der Waals surface area contributed by atoms with Crippen LogP contribution in [0.25, 0.3) is 11.4 Å². The fourth-order valence-electron chi connectivity index (χ4n) is 3.25. The van der Waals surface area contributed by atoms with E-state index in [-0.39, 0.29) is 5.91 Å². The first-order valence-corrected chi connectivity index (χ1v) is 11.6. The lowest BCUT2D eigenvalue weighted by Gasteiger charge is -2.33. The monoisotopic (exact) mass is 486 g/mol. The van der Waals surface area contributed by atoms with Gasteiger partial charge in [0.05, 0.1) is 12.3 Å². The van der Waals surface area contributed by atoms with Crippen LogP contribution in [0.2, 0.25) is 0 Å². The molecule has 0 unspecified atom stereocenters. The predicted molar refractivity (Wildman–Crippen MR) is 121 cm³/mol. The van der Waals surface area contributed by atoms with E-state index in [9.17, 15) is 4.79 Å². The molecule has 30 heavy (non-hydrogen) atoms. The Balaban J connectivity index is 1.24. The number of hydrogen-bond acceptors (Lipinski definition) is 6. The Morgan fingerprint density at radius 1 is 1.07 bits per heavy atom. The number of nitrogens with zero attached hydrogens (tertiary/aromatic N) is 4. The molecular formula is C22H23BrN4O2S. The lowest BCUT2D eigenvalue weighted by molar-refractivity contribution is -0.130. The number of thioether (sulfide) groups is 1. The summed E-state index contributed by atoms with van der Waals surface area (Å²) in [4.78, 5) is 22.3. The quantitative estimate of drug-likeness (QED) is 0.485. The number of carbonyl (C=O) groups excluding carboxylic acids is 1. The number of benzene rings is 2. The van der Waals surface area contributed by atoms with Gasteiger partial charge in [0.15, 0.2) is 0 Å². The summed E-state index contributed by atoms with van der Waals surface area (Å²) in [7, 11) is 0. The van der Waals surface area contributed by atoms with Crippen LogP contribution in [0.5, 0.6) is 0 Å². The summed E-state index contributed by atoms with van der Waals surface area (Å²) in [6, 6.07) is 16.1. The molecule has 0 saturated carbocycles. The SMILES string of the molecule is Cc1ccc(-c2noc(CN3CCN(C(=O)CSc4ccc(Br)cc4)CC3)n2)cc1. The second-order valence-corrected chi connectivity index (χ2v) is 9.24. The van der Waals surface area contributed by atoms with E-state index in [1.807, 2.05) is 53.4 Å². The third-order valence-electron chi connectivity index (χ3n) is 5.04. The van der Waals surface area contributed by atoms with Crippen molar-refractivity contribution in [2.45, 2.75) is 18.4 Å². The maximum atomic E-state index is 12.5. The standard InChI is InChI=1S/C22H23BrN4O2S/c1-16-2-4-17(5-3-16)22-24-20(29-25-22)14-26-10-12-27(13-11-26)21(28)15-30-19-8-6-18(23)7-9-19/h2-9H,10-15H2,1H3. The zero-order chi connectivity index (χ0) is 20.9. The van der Waals surface area contributed by atoms with Crippen LogP contribution in [0, 0.1) is 6.92 Å². The molecule has 0 radical (unpaired) electrons. The highest BCUT2D eigenvalue weighted by atomic mass is 79.9. The van der Waals surface area contributed by atoms with Gasteiger partial charge in [0.2, 0.25) is 17.6 Å². The molecule has 1 fully saturated rings. The molecule has 2 heterocycles. The average Bonchev–Trinajstić information content (AvgIpc) is 3.22. The van der Waals surface area contributed by atoms with Gasteiger partial charge in [-0.15, -0.1) is 11.8 Å². The molecule has 4 rings (SSSR count). The molecule has 0 spiro atoms. The smallest absolute Gasteiger partial charge is 0.241 e. The number of hydrogen-bond donors (Lipinski definition) is 0. The number of carbonyl (C=O) groups is 1. The van der Waals surface area contributed by atoms with Crippen LogP contribution in [0.3, 0.4) is 0 Å². The van der Waals surface area contributed by atoms with Gasteiger partial charge in [0.25, 0.3) is 0 Å². The zero-order valence-corrected chi connectivity index (χ0v) is 19.2. The van der Waals surface area contributed by atoms with E-state index in [1.54, 1.807) is 11.8 Å². The van der Waals surface area contributed by atoms with Crippen LogP contribution < -0.4 is 0 Å². The second-order valence-electron chi connectivity index (χ2n) is 7.28. The number of piperazine rings is 1. The summed E-state index contributed by atoms with van der Waals surface area (Å²) >= 11 is 5.01. The third kappa shape index (κ3) is 5.50. The van der Waals surface area contributed by atoms with E-state index in [1.165, 1.54) is 5.56 Å². The minimum Gasteiger partial charge on any atom is -0.339 e. The third-order valence-corrected chi connectivity index (χ3v) is 6.56. The van der Waals surface area contributed by atoms with Crippen molar-refractivity contribution >= 4 is 33.6 Å². The summed E-state index contributed by atoms with van der Waals surface area (Å²) in [5.74, 6) is 1.87. The van der Waals surface area contributed by atoms with Crippen LogP contribution in [-0.4, -0.2) is 57.8 Å². The van der Waals surface area contributed by atoms with Crippen LogP contribution >= 0.6 is 27.7 Å². The van der Waals surface area contributed by atoms with Gasteiger partial charge in [0.1, 0.15) is 0 Å². The lowest BCUT2D eigenvalue weighted by Crippen LogP contribution is -2.48. The van der Waals surface area contributed by atoms with Gasteiger partial charge < -0.3 is 9.42 Å². The van der Waals surface area contributed by atoms with E-state index >= 15 is 0 Å². The zero-order valence-electron chi connectivity index (χ0n) is 16.8. The second kappa shape index (κ2) is 9.76. The van der Waals surface area contributed by atoms with Gasteiger partial charge in [-0.2, -0.15) is 4.98 Å². The first-order valence-electron chi connectivity index (χ1n) is 9.85. The molecule has 1 saturated heterocycles. The molecule has 1 aromatic heterocycles. The topological polar surface area (TPSA) is 62.5 Å².